The van der Waals surface area contributed by atoms with Crippen LogP contribution in [0.25, 0.3) is 0 Å². The fourth-order valence-electron chi connectivity index (χ4n) is 4.07. The molecule has 0 aliphatic carbocycles. The van der Waals surface area contributed by atoms with Gasteiger partial charge in [0, 0.05) is 24.0 Å². The number of nitrogens with zero attached hydrogens (tertiary/aromatic N) is 3. The van der Waals surface area contributed by atoms with E-state index in [1.807, 2.05) is 10.3 Å². The van der Waals surface area contributed by atoms with E-state index in [0.29, 0.717) is 11.7 Å². The summed E-state index contributed by atoms with van der Waals surface area (Å²) in [7, 11) is 0. The number of carbonyl (C=O) groups is 2. The summed E-state index contributed by atoms with van der Waals surface area (Å²) >= 11 is 1.27. The van der Waals surface area contributed by atoms with Crippen molar-refractivity contribution >= 4 is 28.3 Å². The van der Waals surface area contributed by atoms with Crippen LogP contribution >= 0.6 is 11.3 Å². The number of benzene rings is 1. The van der Waals surface area contributed by atoms with E-state index in [0.717, 1.165) is 75.3 Å². The molecule has 1 aromatic heterocycles. The molecule has 0 unspecified atom stereocenters. The SMILES string of the molecule is O=C(Nc1nc([C@H]2CCCN2CC(=O)N2CCCC2)cs1)c1ccc(C(F)(F)F)cc1. The van der Waals surface area contributed by atoms with Crippen LogP contribution in [0.2, 0.25) is 0 Å². The molecule has 2 saturated heterocycles. The van der Waals surface area contributed by atoms with Crippen molar-refractivity contribution in [2.75, 3.05) is 31.5 Å². The molecule has 2 aromatic rings. The monoisotopic (exact) mass is 452 g/mol. The van der Waals surface area contributed by atoms with E-state index in [1.54, 1.807) is 0 Å². The van der Waals surface area contributed by atoms with Crippen LogP contribution in [0.5, 0.6) is 0 Å². The fourth-order valence-corrected chi connectivity index (χ4v) is 4.82. The molecule has 1 N–H and O–H groups in total. The minimum atomic E-state index is -4.44. The van der Waals surface area contributed by atoms with E-state index in [2.05, 4.69) is 15.2 Å². The minimum Gasteiger partial charge on any atom is -0.342 e. The van der Waals surface area contributed by atoms with Crippen LogP contribution in [-0.4, -0.2) is 52.8 Å². The van der Waals surface area contributed by atoms with Crippen LogP contribution in [0.1, 0.15) is 53.3 Å². The molecule has 166 valence electrons. The van der Waals surface area contributed by atoms with Gasteiger partial charge < -0.3 is 4.90 Å². The van der Waals surface area contributed by atoms with Gasteiger partial charge in [0.25, 0.3) is 5.91 Å². The van der Waals surface area contributed by atoms with Gasteiger partial charge in [0.05, 0.1) is 23.8 Å². The van der Waals surface area contributed by atoms with E-state index in [4.69, 9.17) is 0 Å². The summed E-state index contributed by atoms with van der Waals surface area (Å²) in [6, 6.07) is 4.09. The lowest BCUT2D eigenvalue weighted by Crippen LogP contribution is -2.38. The molecule has 0 radical (unpaired) electrons. The Hall–Kier alpha value is -2.46. The second-order valence-electron chi connectivity index (χ2n) is 7.82. The Kier molecular flexibility index (Phi) is 6.29. The summed E-state index contributed by atoms with van der Waals surface area (Å²) in [4.78, 5) is 33.4. The van der Waals surface area contributed by atoms with Crippen molar-refractivity contribution in [1.29, 1.82) is 0 Å². The zero-order valence-electron chi connectivity index (χ0n) is 16.8. The Morgan fingerprint density at radius 2 is 1.81 bits per heavy atom. The molecule has 2 aliphatic heterocycles. The number of alkyl halides is 3. The largest absolute Gasteiger partial charge is 0.416 e. The lowest BCUT2D eigenvalue weighted by atomic mass is 10.1. The van der Waals surface area contributed by atoms with Gasteiger partial charge in [-0.15, -0.1) is 11.3 Å². The summed E-state index contributed by atoms with van der Waals surface area (Å²) in [5.41, 5.74) is 0.133. The Balaban J connectivity index is 1.38. The van der Waals surface area contributed by atoms with E-state index < -0.39 is 17.6 Å². The maximum atomic E-state index is 12.7. The highest BCUT2D eigenvalue weighted by molar-refractivity contribution is 7.14. The van der Waals surface area contributed by atoms with Crippen LogP contribution in [0.3, 0.4) is 0 Å². The normalized spacial score (nSPS) is 19.7. The van der Waals surface area contributed by atoms with Crippen molar-refractivity contribution in [2.45, 2.75) is 37.9 Å². The van der Waals surface area contributed by atoms with E-state index in [9.17, 15) is 22.8 Å². The third-order valence-electron chi connectivity index (χ3n) is 5.72. The summed E-state index contributed by atoms with van der Waals surface area (Å²) < 4.78 is 38.0. The number of anilines is 1. The van der Waals surface area contributed by atoms with Crippen LogP contribution < -0.4 is 5.32 Å². The van der Waals surface area contributed by atoms with Gasteiger partial charge in [-0.25, -0.2) is 4.98 Å². The van der Waals surface area contributed by atoms with E-state index in [-0.39, 0.29) is 17.5 Å². The molecule has 31 heavy (non-hydrogen) atoms. The van der Waals surface area contributed by atoms with E-state index in [1.165, 1.54) is 11.3 Å². The summed E-state index contributed by atoms with van der Waals surface area (Å²) in [6.07, 6.45) is -0.457. The smallest absolute Gasteiger partial charge is 0.342 e. The number of likely N-dealkylation sites (tertiary alicyclic amines) is 2. The molecule has 0 bridgehead atoms. The number of halogens is 3. The highest BCUT2D eigenvalue weighted by atomic mass is 32.1. The molecule has 0 saturated carbocycles. The minimum absolute atomic E-state index is 0.0273. The summed E-state index contributed by atoms with van der Waals surface area (Å²) in [6.45, 7) is 2.85. The third-order valence-corrected chi connectivity index (χ3v) is 6.49. The highest BCUT2D eigenvalue weighted by Gasteiger charge is 2.32. The fraction of sp³-hybridized carbons (Fsp3) is 0.476. The molecule has 1 atom stereocenters. The lowest BCUT2D eigenvalue weighted by molar-refractivity contribution is -0.137. The van der Waals surface area contributed by atoms with Gasteiger partial charge in [-0.05, 0) is 56.5 Å². The summed E-state index contributed by atoms with van der Waals surface area (Å²) in [5, 5.41) is 4.91. The predicted molar refractivity (Wildman–Crippen MR) is 111 cm³/mol. The average molecular weight is 453 g/mol. The molecule has 10 heteroatoms. The zero-order valence-corrected chi connectivity index (χ0v) is 17.6. The van der Waals surface area contributed by atoms with Crippen molar-refractivity contribution in [1.82, 2.24) is 14.8 Å². The van der Waals surface area contributed by atoms with Gasteiger partial charge in [0.15, 0.2) is 5.13 Å². The molecule has 2 fully saturated rings. The predicted octanol–water partition coefficient (Wildman–Crippen LogP) is 4.17. The number of amides is 2. The van der Waals surface area contributed by atoms with Gasteiger partial charge in [-0.1, -0.05) is 0 Å². The molecule has 1 aromatic carbocycles. The van der Waals surface area contributed by atoms with Gasteiger partial charge >= 0.3 is 6.18 Å². The van der Waals surface area contributed by atoms with Crippen LogP contribution in [-0.2, 0) is 11.0 Å². The topological polar surface area (TPSA) is 65.5 Å². The molecule has 2 amide bonds. The van der Waals surface area contributed by atoms with Crippen molar-refractivity contribution in [3.8, 4) is 0 Å². The van der Waals surface area contributed by atoms with E-state index >= 15 is 0 Å². The Bertz CT molecular complexity index is 939. The highest BCUT2D eigenvalue weighted by Crippen LogP contribution is 2.34. The van der Waals surface area contributed by atoms with Crippen molar-refractivity contribution < 1.29 is 22.8 Å². The van der Waals surface area contributed by atoms with Gasteiger partial charge in [0.2, 0.25) is 5.91 Å². The Morgan fingerprint density at radius 3 is 2.48 bits per heavy atom. The van der Waals surface area contributed by atoms with Crippen molar-refractivity contribution in [3.05, 3.63) is 46.5 Å². The van der Waals surface area contributed by atoms with Crippen LogP contribution in [0.4, 0.5) is 18.3 Å². The number of aromatic nitrogens is 1. The Morgan fingerprint density at radius 1 is 1.10 bits per heavy atom. The maximum absolute atomic E-state index is 12.7. The molecular formula is C21H23F3N4O2S. The second kappa shape index (κ2) is 8.96. The average Bonchev–Trinajstić information content (AvgIpc) is 3.49. The van der Waals surface area contributed by atoms with Gasteiger partial charge in [-0.2, -0.15) is 13.2 Å². The molecule has 0 spiro atoms. The Labute approximate surface area is 182 Å². The van der Waals surface area contributed by atoms with Crippen molar-refractivity contribution in [2.24, 2.45) is 0 Å². The first kappa shape index (κ1) is 21.8. The number of nitrogens with one attached hydrogen (secondary N) is 1. The first-order chi connectivity index (χ1) is 14.8. The maximum Gasteiger partial charge on any atom is 0.416 e. The summed E-state index contributed by atoms with van der Waals surface area (Å²) in [5.74, 6) is -0.363. The first-order valence-electron chi connectivity index (χ1n) is 10.3. The van der Waals surface area contributed by atoms with Crippen molar-refractivity contribution in [3.63, 3.8) is 0 Å². The van der Waals surface area contributed by atoms with Gasteiger partial charge in [-0.3, -0.25) is 19.8 Å². The number of rotatable bonds is 5. The van der Waals surface area contributed by atoms with Crippen LogP contribution in [0, 0.1) is 0 Å². The molecule has 4 rings (SSSR count). The molecular weight excluding hydrogens is 429 g/mol. The number of hydrogen-bond donors (Lipinski definition) is 1. The number of hydrogen-bond acceptors (Lipinski definition) is 5. The second-order valence-corrected chi connectivity index (χ2v) is 8.68. The molecule has 3 heterocycles. The lowest BCUT2D eigenvalue weighted by Gasteiger charge is -2.25. The third kappa shape index (κ3) is 5.07. The first-order valence-corrected chi connectivity index (χ1v) is 11.1. The molecule has 6 nitrogen and oxygen atoms in total. The van der Waals surface area contributed by atoms with Gasteiger partial charge in [0.1, 0.15) is 0 Å². The standard InChI is InChI=1S/C21H23F3N4O2S/c22-21(23,24)15-7-5-14(6-8-15)19(30)26-20-25-16(13-31-20)17-4-3-11-28(17)12-18(29)27-9-1-2-10-27/h5-8,13,17H,1-4,9-12H2,(H,25,26,30)/t17-/m1/s1. The number of thiazole rings is 1. The number of carbonyl (C=O) groups excluding carboxylic acids is 2. The zero-order chi connectivity index (χ0) is 22.0. The quantitative estimate of drug-likeness (QED) is 0.740. The van der Waals surface area contributed by atoms with Crippen LogP contribution in [0.15, 0.2) is 29.6 Å². The molecule has 2 aliphatic rings.